The van der Waals surface area contributed by atoms with Crippen molar-refractivity contribution in [1.82, 2.24) is 14.7 Å². The van der Waals surface area contributed by atoms with Crippen molar-refractivity contribution >= 4 is 11.6 Å². The van der Waals surface area contributed by atoms with E-state index in [1.807, 2.05) is 22.6 Å². The lowest BCUT2D eigenvalue weighted by Crippen LogP contribution is -2.54. The lowest BCUT2D eigenvalue weighted by molar-refractivity contribution is 0.0661. The first kappa shape index (κ1) is 18.5. The minimum Gasteiger partial charge on any atom is -0.368 e. The van der Waals surface area contributed by atoms with E-state index in [0.29, 0.717) is 18.2 Å². The topological polar surface area (TPSA) is 41.4 Å². The van der Waals surface area contributed by atoms with Gasteiger partial charge in [0.25, 0.3) is 5.91 Å². The number of nitrogens with zero attached hydrogens (tertiary/aromatic N) is 4. The van der Waals surface area contributed by atoms with Gasteiger partial charge in [0.05, 0.1) is 5.69 Å². The number of piperazine rings is 1. The van der Waals surface area contributed by atoms with Gasteiger partial charge in [-0.3, -0.25) is 9.48 Å². The number of carbonyl (C=O) groups is 1. The van der Waals surface area contributed by atoms with Crippen molar-refractivity contribution in [2.75, 3.05) is 24.5 Å². The van der Waals surface area contributed by atoms with Gasteiger partial charge in [0, 0.05) is 37.9 Å². The van der Waals surface area contributed by atoms with E-state index in [-0.39, 0.29) is 11.9 Å². The van der Waals surface area contributed by atoms with Gasteiger partial charge in [-0.25, -0.2) is 0 Å². The maximum Gasteiger partial charge on any atom is 0.272 e. The molecule has 1 fully saturated rings. The summed E-state index contributed by atoms with van der Waals surface area (Å²) in [5, 5.41) is 4.60. The summed E-state index contributed by atoms with van der Waals surface area (Å²) < 4.78 is 1.84. The van der Waals surface area contributed by atoms with Crippen molar-refractivity contribution in [1.29, 1.82) is 0 Å². The molecule has 0 N–H and O–H groups in total. The summed E-state index contributed by atoms with van der Waals surface area (Å²) in [6.45, 7) is 13.7. The van der Waals surface area contributed by atoms with Gasteiger partial charge < -0.3 is 9.80 Å². The van der Waals surface area contributed by atoms with Crippen molar-refractivity contribution in [2.45, 2.75) is 53.1 Å². The normalized spacial score (nSPS) is 17.8. The van der Waals surface area contributed by atoms with Gasteiger partial charge in [0.1, 0.15) is 5.69 Å². The molecule has 1 aromatic heterocycles. The number of hydrogen-bond acceptors (Lipinski definition) is 3. The van der Waals surface area contributed by atoms with E-state index in [4.69, 9.17) is 0 Å². The Labute approximate surface area is 156 Å². The standard InChI is InChI=1S/C21H30N4O/c1-6-25-20(13-19(22-25)15(2)3)21(26)24-12-11-23(14-17(24)5)18-9-7-16(4)8-10-18/h7-10,13,15,17H,6,11-12,14H2,1-5H3. The summed E-state index contributed by atoms with van der Waals surface area (Å²) in [5.41, 5.74) is 4.20. The molecule has 1 aliphatic rings. The predicted molar refractivity (Wildman–Crippen MR) is 106 cm³/mol. The van der Waals surface area contributed by atoms with Crippen LogP contribution >= 0.6 is 0 Å². The van der Waals surface area contributed by atoms with Crippen LogP contribution < -0.4 is 4.90 Å². The molecule has 0 radical (unpaired) electrons. The molecule has 5 heteroatoms. The van der Waals surface area contributed by atoms with Crippen molar-refractivity contribution in [3.05, 3.63) is 47.3 Å². The molecule has 1 aromatic carbocycles. The number of carbonyl (C=O) groups excluding carboxylic acids is 1. The summed E-state index contributed by atoms with van der Waals surface area (Å²) in [6.07, 6.45) is 0. The highest BCUT2D eigenvalue weighted by atomic mass is 16.2. The largest absolute Gasteiger partial charge is 0.368 e. The molecule has 1 amide bonds. The van der Waals surface area contributed by atoms with Crippen LogP contribution in [0.25, 0.3) is 0 Å². The third kappa shape index (κ3) is 3.62. The van der Waals surface area contributed by atoms with E-state index in [1.165, 1.54) is 11.3 Å². The number of amides is 1. The highest BCUT2D eigenvalue weighted by molar-refractivity contribution is 5.93. The van der Waals surface area contributed by atoms with E-state index in [1.54, 1.807) is 0 Å². The molecule has 0 aliphatic carbocycles. The molecular formula is C21H30N4O. The highest BCUT2D eigenvalue weighted by Crippen LogP contribution is 2.22. The molecule has 26 heavy (non-hydrogen) atoms. The zero-order valence-corrected chi connectivity index (χ0v) is 16.6. The summed E-state index contributed by atoms with van der Waals surface area (Å²) in [4.78, 5) is 17.5. The van der Waals surface area contributed by atoms with Gasteiger partial charge >= 0.3 is 0 Å². The van der Waals surface area contributed by atoms with Crippen molar-refractivity contribution < 1.29 is 4.79 Å². The molecule has 2 heterocycles. The van der Waals surface area contributed by atoms with Crippen LogP contribution in [0.5, 0.6) is 0 Å². The molecule has 1 unspecified atom stereocenters. The van der Waals surface area contributed by atoms with Gasteiger partial charge in [-0.05, 0) is 44.9 Å². The molecule has 1 atom stereocenters. The Hall–Kier alpha value is -2.30. The Bertz CT molecular complexity index is 763. The number of rotatable bonds is 4. The minimum absolute atomic E-state index is 0.0994. The number of aryl methyl sites for hydroxylation is 2. The maximum atomic E-state index is 13.2. The molecule has 0 bridgehead atoms. The van der Waals surface area contributed by atoms with Crippen molar-refractivity contribution in [3.63, 3.8) is 0 Å². The first-order chi connectivity index (χ1) is 12.4. The van der Waals surface area contributed by atoms with Crippen LogP contribution in [0, 0.1) is 6.92 Å². The van der Waals surface area contributed by atoms with Crippen LogP contribution in [0.2, 0.25) is 0 Å². The van der Waals surface area contributed by atoms with Crippen LogP contribution in [0.3, 0.4) is 0 Å². The van der Waals surface area contributed by atoms with Crippen LogP contribution in [0.15, 0.2) is 30.3 Å². The van der Waals surface area contributed by atoms with E-state index in [9.17, 15) is 4.79 Å². The monoisotopic (exact) mass is 354 g/mol. The number of hydrogen-bond donors (Lipinski definition) is 0. The van der Waals surface area contributed by atoms with Gasteiger partial charge in [-0.1, -0.05) is 31.5 Å². The van der Waals surface area contributed by atoms with Gasteiger partial charge in [0.15, 0.2) is 0 Å². The summed E-state index contributed by atoms with van der Waals surface area (Å²) >= 11 is 0. The second-order valence-corrected chi connectivity index (χ2v) is 7.55. The SMILES string of the molecule is CCn1nc(C(C)C)cc1C(=O)N1CCN(c2ccc(C)cc2)CC1C. The van der Waals surface area contributed by atoms with Crippen molar-refractivity contribution in [2.24, 2.45) is 0 Å². The lowest BCUT2D eigenvalue weighted by atomic mass is 10.1. The van der Waals surface area contributed by atoms with Crippen molar-refractivity contribution in [3.8, 4) is 0 Å². The van der Waals surface area contributed by atoms with Crippen LogP contribution in [-0.2, 0) is 6.54 Å². The second kappa shape index (κ2) is 7.52. The highest BCUT2D eigenvalue weighted by Gasteiger charge is 2.30. The average Bonchev–Trinajstić information content (AvgIpc) is 3.06. The van der Waals surface area contributed by atoms with Gasteiger partial charge in [-0.2, -0.15) is 5.10 Å². The number of aromatic nitrogens is 2. The Morgan fingerprint density at radius 3 is 2.50 bits per heavy atom. The third-order valence-corrected chi connectivity index (χ3v) is 5.20. The molecule has 0 spiro atoms. The van der Waals surface area contributed by atoms with Gasteiger partial charge in [0.2, 0.25) is 0 Å². The van der Waals surface area contributed by atoms with Gasteiger partial charge in [-0.15, -0.1) is 0 Å². The van der Waals surface area contributed by atoms with E-state index >= 15 is 0 Å². The summed E-state index contributed by atoms with van der Waals surface area (Å²) in [5.74, 6) is 0.424. The predicted octanol–water partition coefficient (Wildman–Crippen LogP) is 3.69. The molecule has 3 rings (SSSR count). The molecule has 5 nitrogen and oxygen atoms in total. The first-order valence-electron chi connectivity index (χ1n) is 9.61. The van der Waals surface area contributed by atoms with E-state index < -0.39 is 0 Å². The second-order valence-electron chi connectivity index (χ2n) is 7.55. The fourth-order valence-corrected chi connectivity index (χ4v) is 3.53. The Kier molecular flexibility index (Phi) is 5.35. The number of anilines is 1. The molecule has 2 aromatic rings. The fraction of sp³-hybridized carbons (Fsp3) is 0.524. The minimum atomic E-state index is 0.0994. The van der Waals surface area contributed by atoms with Crippen LogP contribution in [0.4, 0.5) is 5.69 Å². The third-order valence-electron chi connectivity index (χ3n) is 5.20. The molecule has 0 saturated carbocycles. The zero-order chi connectivity index (χ0) is 18.8. The molecule has 140 valence electrons. The summed E-state index contributed by atoms with van der Waals surface area (Å²) in [7, 11) is 0. The van der Waals surface area contributed by atoms with E-state index in [2.05, 4.69) is 62.0 Å². The zero-order valence-electron chi connectivity index (χ0n) is 16.6. The first-order valence-corrected chi connectivity index (χ1v) is 9.61. The molecular weight excluding hydrogens is 324 g/mol. The molecule has 1 saturated heterocycles. The Morgan fingerprint density at radius 2 is 1.92 bits per heavy atom. The molecule has 1 aliphatic heterocycles. The fourth-order valence-electron chi connectivity index (χ4n) is 3.53. The average molecular weight is 354 g/mol. The smallest absolute Gasteiger partial charge is 0.272 e. The number of benzene rings is 1. The Morgan fingerprint density at radius 1 is 1.23 bits per heavy atom. The van der Waals surface area contributed by atoms with Crippen LogP contribution in [0.1, 0.15) is 55.4 Å². The lowest BCUT2D eigenvalue weighted by Gasteiger charge is -2.41. The Balaban J connectivity index is 1.75. The van der Waals surface area contributed by atoms with E-state index in [0.717, 1.165) is 25.3 Å². The van der Waals surface area contributed by atoms with Crippen LogP contribution in [-0.4, -0.2) is 46.3 Å². The summed E-state index contributed by atoms with van der Waals surface area (Å²) in [6, 6.07) is 10.8. The quantitative estimate of drug-likeness (QED) is 0.841. The maximum absolute atomic E-state index is 13.2.